The van der Waals surface area contributed by atoms with E-state index in [-0.39, 0.29) is 0 Å². The Kier molecular flexibility index (Phi) is 8.41. The minimum Gasteiger partial charge on any atom is -0.456 e. The molecule has 0 saturated carbocycles. The van der Waals surface area contributed by atoms with Crippen LogP contribution in [0.3, 0.4) is 0 Å². The number of anilines is 3. The first-order valence-corrected chi connectivity index (χ1v) is 20.2. The summed E-state index contributed by atoms with van der Waals surface area (Å²) >= 11 is 0. The second kappa shape index (κ2) is 14.4. The topological polar surface area (TPSA) is 16.4 Å². The number of hydrogen-bond acceptors (Lipinski definition) is 2. The molecule has 0 radical (unpaired) electrons. The average Bonchev–Trinajstić information content (AvgIpc) is 3.65. The van der Waals surface area contributed by atoms with Crippen molar-refractivity contribution in [2.45, 2.75) is 6.92 Å². The van der Waals surface area contributed by atoms with Crippen molar-refractivity contribution < 1.29 is 4.42 Å². The number of benzene rings is 10. The van der Waals surface area contributed by atoms with Gasteiger partial charge in [-0.3, -0.25) is 0 Å². The highest BCUT2D eigenvalue weighted by Gasteiger charge is 2.16. The Morgan fingerprint density at radius 2 is 0.831 bits per heavy atom. The van der Waals surface area contributed by atoms with E-state index in [1.807, 2.05) is 12.1 Å². The third-order valence-electron chi connectivity index (χ3n) is 11.9. The molecule has 0 amide bonds. The van der Waals surface area contributed by atoms with Gasteiger partial charge >= 0.3 is 0 Å². The van der Waals surface area contributed by atoms with Crippen molar-refractivity contribution in [2.75, 3.05) is 4.90 Å². The summed E-state index contributed by atoms with van der Waals surface area (Å²) in [6.45, 7) is 2.14. The van der Waals surface area contributed by atoms with Crippen LogP contribution >= 0.6 is 0 Å². The maximum absolute atomic E-state index is 6.35. The van der Waals surface area contributed by atoms with E-state index in [0.717, 1.165) is 56.0 Å². The summed E-state index contributed by atoms with van der Waals surface area (Å²) < 4.78 is 6.35. The molecular formula is C57H39NO. The predicted octanol–water partition coefficient (Wildman–Crippen LogP) is 16.3. The molecule has 2 nitrogen and oxygen atoms in total. The van der Waals surface area contributed by atoms with Crippen LogP contribution in [-0.4, -0.2) is 0 Å². The van der Waals surface area contributed by atoms with Crippen LogP contribution in [0.2, 0.25) is 0 Å². The lowest BCUT2D eigenvalue weighted by Crippen LogP contribution is -2.09. The molecule has 0 fully saturated rings. The second-order valence-electron chi connectivity index (χ2n) is 15.4. The van der Waals surface area contributed by atoms with Crippen LogP contribution in [0.25, 0.3) is 88.0 Å². The Hall–Kier alpha value is -7.68. The normalized spacial score (nSPS) is 11.5. The van der Waals surface area contributed by atoms with Crippen molar-refractivity contribution in [3.05, 3.63) is 224 Å². The molecule has 11 rings (SSSR count). The first kappa shape index (κ1) is 34.6. The van der Waals surface area contributed by atoms with Gasteiger partial charge in [-0.15, -0.1) is 0 Å². The zero-order valence-electron chi connectivity index (χ0n) is 32.6. The largest absolute Gasteiger partial charge is 0.456 e. The highest BCUT2D eigenvalue weighted by Crippen LogP contribution is 2.40. The third kappa shape index (κ3) is 6.23. The second-order valence-corrected chi connectivity index (χ2v) is 15.4. The zero-order chi connectivity index (χ0) is 39.3. The summed E-state index contributed by atoms with van der Waals surface area (Å²) in [6.07, 6.45) is 0. The fourth-order valence-corrected chi connectivity index (χ4v) is 8.80. The van der Waals surface area contributed by atoms with Gasteiger partial charge in [0, 0.05) is 33.6 Å². The van der Waals surface area contributed by atoms with Gasteiger partial charge in [0.05, 0.1) is 0 Å². The lowest BCUT2D eigenvalue weighted by atomic mass is 9.96. The number of fused-ring (bicyclic) bond motifs is 5. The third-order valence-corrected chi connectivity index (χ3v) is 11.9. The van der Waals surface area contributed by atoms with E-state index in [4.69, 9.17) is 4.42 Å². The smallest absolute Gasteiger partial charge is 0.138 e. The predicted molar refractivity (Wildman–Crippen MR) is 250 cm³/mol. The van der Waals surface area contributed by atoms with Gasteiger partial charge in [-0.2, -0.15) is 0 Å². The standard InChI is InChI=1S/C57H39NO/c1-38-51-15-6-7-19-56(51)59-57(38)47-14-8-13-45(36-47)41-28-32-49(33-29-41)58(50-34-35-55-46(37-50)25-24-43-11-3-5-17-53(43)55)48-30-26-40(27-31-48)39-20-22-44(23-21-39)54-18-9-12-42-10-2-4-16-52(42)54/h2-37H,1H3. The van der Waals surface area contributed by atoms with Gasteiger partial charge in [-0.05, 0) is 121 Å². The Morgan fingerprint density at radius 3 is 1.56 bits per heavy atom. The minimum atomic E-state index is 0.916. The molecule has 10 aromatic carbocycles. The minimum absolute atomic E-state index is 0.916. The van der Waals surface area contributed by atoms with Crippen LogP contribution in [0.15, 0.2) is 223 Å². The first-order valence-electron chi connectivity index (χ1n) is 20.2. The molecule has 278 valence electrons. The average molecular weight is 754 g/mol. The molecule has 1 aromatic heterocycles. The van der Waals surface area contributed by atoms with Crippen molar-refractivity contribution in [3.63, 3.8) is 0 Å². The maximum Gasteiger partial charge on any atom is 0.138 e. The quantitative estimate of drug-likeness (QED) is 0.151. The van der Waals surface area contributed by atoms with Crippen molar-refractivity contribution in [1.29, 1.82) is 0 Å². The van der Waals surface area contributed by atoms with Gasteiger partial charge in [0.2, 0.25) is 0 Å². The molecule has 0 N–H and O–H groups in total. The Bertz CT molecular complexity index is 3310. The summed E-state index contributed by atoms with van der Waals surface area (Å²) in [5.41, 5.74) is 13.6. The fourth-order valence-electron chi connectivity index (χ4n) is 8.80. The lowest BCUT2D eigenvalue weighted by molar-refractivity contribution is 0.629. The van der Waals surface area contributed by atoms with Crippen molar-refractivity contribution in [3.8, 4) is 44.7 Å². The van der Waals surface area contributed by atoms with Crippen LogP contribution in [0.4, 0.5) is 17.1 Å². The van der Waals surface area contributed by atoms with Crippen LogP contribution < -0.4 is 4.90 Å². The molecule has 0 unspecified atom stereocenters. The molecule has 0 aliphatic heterocycles. The molecule has 0 bridgehead atoms. The lowest BCUT2D eigenvalue weighted by Gasteiger charge is -2.26. The van der Waals surface area contributed by atoms with Crippen molar-refractivity contribution in [2.24, 2.45) is 0 Å². The zero-order valence-corrected chi connectivity index (χ0v) is 32.6. The van der Waals surface area contributed by atoms with Crippen LogP contribution in [0, 0.1) is 6.92 Å². The molecule has 0 aliphatic rings. The Morgan fingerprint density at radius 1 is 0.322 bits per heavy atom. The van der Waals surface area contributed by atoms with E-state index in [1.54, 1.807) is 0 Å². The van der Waals surface area contributed by atoms with Gasteiger partial charge < -0.3 is 9.32 Å². The Balaban J connectivity index is 0.950. The number of hydrogen-bond donors (Lipinski definition) is 0. The van der Waals surface area contributed by atoms with Crippen molar-refractivity contribution in [1.82, 2.24) is 0 Å². The van der Waals surface area contributed by atoms with Crippen molar-refractivity contribution >= 4 is 60.3 Å². The summed E-state index contributed by atoms with van der Waals surface area (Å²) in [4.78, 5) is 2.36. The van der Waals surface area contributed by atoms with E-state index >= 15 is 0 Å². The first-order chi connectivity index (χ1) is 29.1. The highest BCUT2D eigenvalue weighted by molar-refractivity contribution is 6.08. The van der Waals surface area contributed by atoms with Gasteiger partial charge in [0.25, 0.3) is 0 Å². The summed E-state index contributed by atoms with van der Waals surface area (Å²) in [5.74, 6) is 0.920. The molecule has 2 heteroatoms. The molecule has 0 atom stereocenters. The molecule has 0 aliphatic carbocycles. The molecule has 0 saturated heterocycles. The fraction of sp³-hybridized carbons (Fsp3) is 0.0175. The van der Waals surface area contributed by atoms with Gasteiger partial charge in [-0.25, -0.2) is 0 Å². The highest BCUT2D eigenvalue weighted by atomic mass is 16.3. The number of furan rings is 1. The number of aryl methyl sites for hydroxylation is 1. The van der Waals surface area contributed by atoms with Crippen LogP contribution in [-0.2, 0) is 0 Å². The van der Waals surface area contributed by atoms with E-state index < -0.39 is 0 Å². The molecule has 0 spiro atoms. The van der Waals surface area contributed by atoms with Crippen LogP contribution in [0.1, 0.15) is 5.56 Å². The molecule has 11 aromatic rings. The molecule has 1 heterocycles. The van der Waals surface area contributed by atoms with Gasteiger partial charge in [-0.1, -0.05) is 170 Å². The van der Waals surface area contributed by atoms with E-state index in [1.165, 1.54) is 54.6 Å². The van der Waals surface area contributed by atoms with Gasteiger partial charge in [0.1, 0.15) is 11.3 Å². The van der Waals surface area contributed by atoms with E-state index in [0.29, 0.717) is 0 Å². The SMILES string of the molecule is Cc1c(-c2cccc(-c3ccc(N(c4ccc(-c5ccc(-c6cccc7ccccc67)cc5)cc4)c4ccc5c(ccc6ccccc65)c4)cc3)c2)oc2ccccc12. The maximum atomic E-state index is 6.35. The number of para-hydroxylation sites is 1. The summed E-state index contributed by atoms with van der Waals surface area (Å²) in [6, 6.07) is 78.8. The van der Waals surface area contributed by atoms with Crippen LogP contribution in [0.5, 0.6) is 0 Å². The van der Waals surface area contributed by atoms with E-state index in [2.05, 4.69) is 218 Å². The number of rotatable bonds is 7. The van der Waals surface area contributed by atoms with E-state index in [9.17, 15) is 0 Å². The Labute approximate surface area is 343 Å². The molecular weight excluding hydrogens is 715 g/mol. The van der Waals surface area contributed by atoms with Gasteiger partial charge in [0.15, 0.2) is 0 Å². The molecule has 59 heavy (non-hydrogen) atoms. The monoisotopic (exact) mass is 753 g/mol. The summed E-state index contributed by atoms with van der Waals surface area (Å²) in [7, 11) is 0. The summed E-state index contributed by atoms with van der Waals surface area (Å²) in [5, 5.41) is 8.67. The number of nitrogens with zero attached hydrogens (tertiary/aromatic N) is 1.